The van der Waals surface area contributed by atoms with Crippen molar-refractivity contribution in [1.29, 1.82) is 0 Å². The summed E-state index contributed by atoms with van der Waals surface area (Å²) in [6, 6.07) is 6.82. The molecule has 156 valence electrons. The van der Waals surface area contributed by atoms with Crippen LogP contribution in [0.1, 0.15) is 26.4 Å². The normalized spacial score (nSPS) is 10.8. The van der Waals surface area contributed by atoms with E-state index >= 15 is 0 Å². The molecule has 0 saturated carbocycles. The smallest absolute Gasteiger partial charge is 0.340 e. The first-order chi connectivity index (χ1) is 14.1. The van der Waals surface area contributed by atoms with E-state index in [4.69, 9.17) is 15.2 Å². The first kappa shape index (κ1) is 20.8. The van der Waals surface area contributed by atoms with Crippen LogP contribution >= 0.6 is 0 Å². The average molecular weight is 412 g/mol. The molecule has 3 aromatic rings. The topological polar surface area (TPSA) is 136 Å². The van der Waals surface area contributed by atoms with Crippen LogP contribution in [-0.4, -0.2) is 39.6 Å². The van der Waals surface area contributed by atoms with Gasteiger partial charge in [-0.2, -0.15) is 0 Å². The van der Waals surface area contributed by atoms with Crippen molar-refractivity contribution in [3.8, 4) is 5.75 Å². The number of hydrogen-bond acceptors (Lipinski definition) is 8. The van der Waals surface area contributed by atoms with Crippen LogP contribution in [0.4, 0.5) is 5.82 Å². The van der Waals surface area contributed by atoms with E-state index in [0.29, 0.717) is 22.3 Å². The minimum Gasteiger partial charge on any atom is -0.497 e. The van der Waals surface area contributed by atoms with Gasteiger partial charge >= 0.3 is 11.7 Å². The summed E-state index contributed by atoms with van der Waals surface area (Å²) in [5.74, 6) is -1.24. The highest BCUT2D eigenvalue weighted by atomic mass is 16.5. The van der Waals surface area contributed by atoms with Gasteiger partial charge in [0, 0.05) is 25.5 Å². The van der Waals surface area contributed by atoms with Gasteiger partial charge in [-0.1, -0.05) is 0 Å². The van der Waals surface area contributed by atoms with Crippen LogP contribution in [0.15, 0.2) is 33.9 Å². The molecular formula is C20H20N4O6. The Labute approximate surface area is 170 Å². The molecule has 0 aliphatic rings. The number of anilines is 1. The van der Waals surface area contributed by atoms with Crippen molar-refractivity contribution in [2.45, 2.75) is 6.92 Å². The number of nitrogens with two attached hydrogens (primary N) is 1. The van der Waals surface area contributed by atoms with Gasteiger partial charge in [0.1, 0.15) is 17.1 Å². The molecule has 0 spiro atoms. The highest BCUT2D eigenvalue weighted by molar-refractivity contribution is 6.02. The largest absolute Gasteiger partial charge is 0.497 e. The molecule has 0 bridgehead atoms. The minimum absolute atomic E-state index is 0.182. The molecule has 1 aromatic carbocycles. The molecule has 0 aliphatic carbocycles. The average Bonchev–Trinajstić information content (AvgIpc) is 2.73. The molecule has 3 rings (SSSR count). The van der Waals surface area contributed by atoms with Crippen LogP contribution in [0.3, 0.4) is 0 Å². The molecule has 30 heavy (non-hydrogen) atoms. The number of benzene rings is 1. The number of Topliss-reactive ketones (excluding diaryl/α,β-unsaturated/α-hetero) is 1. The Hall–Kier alpha value is -3.95. The number of rotatable bonds is 5. The SMILES string of the molecule is COc1ccc2cc(C(=O)OCC(=O)c3c(N)n(C)c(=O)n(C)c3=O)c(C)nc2c1. The number of ether oxygens (including phenoxy) is 2. The lowest BCUT2D eigenvalue weighted by molar-refractivity contribution is 0.0473. The van der Waals surface area contributed by atoms with Gasteiger partial charge in [0.05, 0.1) is 23.9 Å². The molecule has 10 heteroatoms. The minimum atomic E-state index is -0.853. The third-order valence-corrected chi connectivity index (χ3v) is 4.76. The predicted octanol–water partition coefficient (Wildman–Crippen LogP) is 0.571. The summed E-state index contributed by atoms with van der Waals surface area (Å²) >= 11 is 0. The number of aryl methyl sites for hydroxylation is 1. The van der Waals surface area contributed by atoms with E-state index in [0.717, 1.165) is 9.13 Å². The molecule has 0 fully saturated rings. The summed E-state index contributed by atoms with van der Waals surface area (Å²) in [5.41, 5.74) is 5.05. The summed E-state index contributed by atoms with van der Waals surface area (Å²) < 4.78 is 12.0. The van der Waals surface area contributed by atoms with E-state index in [1.54, 1.807) is 38.3 Å². The molecule has 0 radical (unpaired) electrons. The van der Waals surface area contributed by atoms with Gasteiger partial charge in [-0.05, 0) is 25.1 Å². The number of fused-ring (bicyclic) bond motifs is 1. The van der Waals surface area contributed by atoms with Crippen molar-refractivity contribution < 1.29 is 19.1 Å². The monoisotopic (exact) mass is 412 g/mol. The third-order valence-electron chi connectivity index (χ3n) is 4.76. The quantitative estimate of drug-likeness (QED) is 0.475. The second-order valence-corrected chi connectivity index (χ2v) is 6.65. The van der Waals surface area contributed by atoms with Crippen LogP contribution < -0.4 is 21.7 Å². The highest BCUT2D eigenvalue weighted by Crippen LogP contribution is 2.22. The Morgan fingerprint density at radius 3 is 2.50 bits per heavy atom. The second kappa shape index (κ2) is 7.82. The van der Waals surface area contributed by atoms with Crippen LogP contribution in [-0.2, 0) is 18.8 Å². The maximum absolute atomic E-state index is 12.5. The highest BCUT2D eigenvalue weighted by Gasteiger charge is 2.22. The zero-order valence-corrected chi connectivity index (χ0v) is 16.9. The Morgan fingerprint density at radius 2 is 1.83 bits per heavy atom. The molecule has 0 amide bonds. The lowest BCUT2D eigenvalue weighted by atomic mass is 10.1. The molecule has 0 atom stereocenters. The lowest BCUT2D eigenvalue weighted by Crippen LogP contribution is -2.42. The first-order valence-corrected chi connectivity index (χ1v) is 8.87. The van der Waals surface area contributed by atoms with Gasteiger partial charge in [0.25, 0.3) is 5.56 Å². The van der Waals surface area contributed by atoms with Gasteiger partial charge in [0.15, 0.2) is 6.61 Å². The Kier molecular flexibility index (Phi) is 5.41. The van der Waals surface area contributed by atoms with Gasteiger partial charge in [-0.3, -0.25) is 23.7 Å². The molecule has 2 N–H and O–H groups in total. The summed E-state index contributed by atoms with van der Waals surface area (Å²) in [7, 11) is 4.10. The standard InChI is InChI=1S/C20H20N4O6/c1-10-13(7-11-5-6-12(29-4)8-14(11)22-10)19(27)30-9-15(25)16-17(21)23(2)20(28)24(3)18(16)26/h5-8H,9,21H2,1-4H3. The fraction of sp³-hybridized carbons (Fsp3) is 0.250. The maximum Gasteiger partial charge on any atom is 0.340 e. The fourth-order valence-corrected chi connectivity index (χ4v) is 2.98. The van der Waals surface area contributed by atoms with Crippen molar-refractivity contribution in [2.75, 3.05) is 19.5 Å². The second-order valence-electron chi connectivity index (χ2n) is 6.65. The third kappa shape index (κ3) is 3.54. The van der Waals surface area contributed by atoms with E-state index in [-0.39, 0.29) is 11.4 Å². The van der Waals surface area contributed by atoms with Crippen molar-refractivity contribution >= 4 is 28.5 Å². The Balaban J connectivity index is 1.86. The van der Waals surface area contributed by atoms with E-state index in [2.05, 4.69) is 4.98 Å². The van der Waals surface area contributed by atoms with Gasteiger partial charge in [-0.15, -0.1) is 0 Å². The van der Waals surface area contributed by atoms with E-state index in [1.807, 2.05) is 0 Å². The van der Waals surface area contributed by atoms with Crippen LogP contribution in [0.25, 0.3) is 10.9 Å². The summed E-state index contributed by atoms with van der Waals surface area (Å²) in [4.78, 5) is 53.5. The zero-order chi connectivity index (χ0) is 22.2. The van der Waals surface area contributed by atoms with E-state index in [1.165, 1.54) is 14.1 Å². The predicted molar refractivity (Wildman–Crippen MR) is 109 cm³/mol. The van der Waals surface area contributed by atoms with Gasteiger partial charge in [0.2, 0.25) is 5.78 Å². The summed E-state index contributed by atoms with van der Waals surface area (Å²) in [6.07, 6.45) is 0. The van der Waals surface area contributed by atoms with Crippen molar-refractivity contribution in [1.82, 2.24) is 14.1 Å². The molecular weight excluding hydrogens is 392 g/mol. The molecule has 0 aliphatic heterocycles. The number of aromatic nitrogens is 3. The molecule has 10 nitrogen and oxygen atoms in total. The Bertz CT molecular complexity index is 1310. The van der Waals surface area contributed by atoms with Crippen LogP contribution in [0, 0.1) is 6.92 Å². The summed E-state index contributed by atoms with van der Waals surface area (Å²) in [6.45, 7) is 0.925. The van der Waals surface area contributed by atoms with Crippen molar-refractivity contribution in [3.05, 3.63) is 61.9 Å². The number of carbonyl (C=O) groups excluding carboxylic acids is 2. The van der Waals surface area contributed by atoms with E-state index < -0.39 is 35.2 Å². The van der Waals surface area contributed by atoms with Gasteiger partial charge in [-0.25, -0.2) is 9.59 Å². The number of esters is 1. The Morgan fingerprint density at radius 1 is 1.13 bits per heavy atom. The number of nitrogen functional groups attached to an aromatic ring is 1. The number of nitrogens with zero attached hydrogens (tertiary/aromatic N) is 3. The molecule has 2 aromatic heterocycles. The lowest BCUT2D eigenvalue weighted by Gasteiger charge is -2.11. The van der Waals surface area contributed by atoms with Crippen molar-refractivity contribution in [3.63, 3.8) is 0 Å². The van der Waals surface area contributed by atoms with Crippen molar-refractivity contribution in [2.24, 2.45) is 14.1 Å². The zero-order valence-electron chi connectivity index (χ0n) is 16.9. The molecule has 2 heterocycles. The number of hydrogen-bond donors (Lipinski definition) is 1. The molecule has 0 unspecified atom stereocenters. The maximum atomic E-state index is 12.5. The number of ketones is 1. The molecule has 0 saturated heterocycles. The van der Waals surface area contributed by atoms with Crippen LogP contribution in [0.2, 0.25) is 0 Å². The number of carbonyl (C=O) groups is 2. The fourth-order valence-electron chi connectivity index (χ4n) is 2.98. The van der Waals surface area contributed by atoms with Crippen LogP contribution in [0.5, 0.6) is 5.75 Å². The first-order valence-electron chi connectivity index (χ1n) is 8.87. The number of pyridine rings is 1. The number of methoxy groups -OCH3 is 1. The van der Waals surface area contributed by atoms with Gasteiger partial charge < -0.3 is 15.2 Å². The summed E-state index contributed by atoms with van der Waals surface area (Å²) in [5, 5.41) is 0.691. The van der Waals surface area contributed by atoms with E-state index in [9.17, 15) is 19.2 Å².